The van der Waals surface area contributed by atoms with Crippen molar-refractivity contribution < 1.29 is 18.0 Å². The van der Waals surface area contributed by atoms with Gasteiger partial charge in [0.2, 0.25) is 15.9 Å². The van der Waals surface area contributed by atoms with Gasteiger partial charge >= 0.3 is 0 Å². The summed E-state index contributed by atoms with van der Waals surface area (Å²) in [6.07, 6.45) is 3.61. The number of piperidine rings is 1. The Morgan fingerprint density at radius 3 is 2.43 bits per heavy atom. The smallest absolute Gasteiger partial charge is 0.243 e. The summed E-state index contributed by atoms with van der Waals surface area (Å²) in [7, 11) is -3.44. The fraction of sp³-hybridized carbons (Fsp3) is 0.421. The van der Waals surface area contributed by atoms with E-state index in [1.807, 2.05) is 0 Å². The number of rotatable bonds is 7. The van der Waals surface area contributed by atoms with Gasteiger partial charge in [0.25, 0.3) is 0 Å². The maximum absolute atomic E-state index is 12.6. The number of sulfonamides is 1. The van der Waals surface area contributed by atoms with E-state index in [1.54, 1.807) is 34.0 Å². The van der Waals surface area contributed by atoms with Crippen LogP contribution in [0.5, 0.6) is 0 Å². The fourth-order valence-electron chi connectivity index (χ4n) is 3.01. The van der Waals surface area contributed by atoms with E-state index < -0.39 is 10.0 Å². The molecule has 1 saturated heterocycles. The fourth-order valence-corrected chi connectivity index (χ4v) is 5.30. The van der Waals surface area contributed by atoms with Gasteiger partial charge in [0.15, 0.2) is 10.9 Å². The van der Waals surface area contributed by atoms with Crippen LogP contribution < -0.4 is 5.32 Å². The van der Waals surface area contributed by atoms with Crippen LogP contribution in [-0.4, -0.2) is 42.5 Å². The number of anilines is 1. The van der Waals surface area contributed by atoms with Crippen LogP contribution in [0.4, 0.5) is 5.13 Å². The van der Waals surface area contributed by atoms with Crippen LogP contribution in [0.15, 0.2) is 34.5 Å². The Kier molecular flexibility index (Phi) is 6.58. The maximum Gasteiger partial charge on any atom is 0.243 e. The molecule has 7 nitrogen and oxygen atoms in total. The van der Waals surface area contributed by atoms with E-state index in [0.29, 0.717) is 35.2 Å². The summed E-state index contributed by atoms with van der Waals surface area (Å²) in [6.45, 7) is 2.58. The summed E-state index contributed by atoms with van der Waals surface area (Å²) in [5.74, 6) is -0.342. The highest BCUT2D eigenvalue weighted by Crippen LogP contribution is 2.21. The lowest BCUT2D eigenvalue weighted by molar-refractivity contribution is -0.116. The molecule has 0 radical (unpaired) electrons. The number of amides is 1. The minimum Gasteiger partial charge on any atom is -0.302 e. The van der Waals surface area contributed by atoms with Crippen molar-refractivity contribution in [2.75, 3.05) is 18.4 Å². The molecular weight excluding hydrogens is 398 g/mol. The van der Waals surface area contributed by atoms with Crippen LogP contribution in [0.2, 0.25) is 0 Å². The highest BCUT2D eigenvalue weighted by molar-refractivity contribution is 7.89. The molecule has 0 bridgehead atoms. The zero-order valence-corrected chi connectivity index (χ0v) is 17.3. The average molecular weight is 422 g/mol. The van der Waals surface area contributed by atoms with Crippen molar-refractivity contribution in [1.82, 2.24) is 9.29 Å². The molecule has 28 heavy (non-hydrogen) atoms. The molecule has 0 unspecified atom stereocenters. The minimum atomic E-state index is -3.44. The van der Waals surface area contributed by atoms with E-state index in [9.17, 15) is 18.0 Å². The molecule has 0 aliphatic carbocycles. The minimum absolute atomic E-state index is 0.142. The van der Waals surface area contributed by atoms with Gasteiger partial charge < -0.3 is 5.32 Å². The first-order valence-electron chi connectivity index (χ1n) is 9.21. The summed E-state index contributed by atoms with van der Waals surface area (Å²) >= 11 is 1.21. The van der Waals surface area contributed by atoms with E-state index >= 15 is 0 Å². The van der Waals surface area contributed by atoms with Crippen molar-refractivity contribution in [1.29, 1.82) is 0 Å². The molecule has 1 fully saturated rings. The van der Waals surface area contributed by atoms with Gasteiger partial charge in [-0.1, -0.05) is 18.6 Å². The number of nitrogens with one attached hydrogen (secondary N) is 1. The third-order valence-corrected chi connectivity index (χ3v) is 7.30. The lowest BCUT2D eigenvalue weighted by atomic mass is 10.1. The lowest BCUT2D eigenvalue weighted by Gasteiger charge is -2.25. The number of thiazole rings is 1. The highest BCUT2D eigenvalue weighted by Gasteiger charge is 2.25. The van der Waals surface area contributed by atoms with Crippen LogP contribution in [0.25, 0.3) is 0 Å². The summed E-state index contributed by atoms with van der Waals surface area (Å²) in [6, 6.07) is 6.72. The first-order valence-corrected chi connectivity index (χ1v) is 11.5. The predicted molar refractivity (Wildman–Crippen MR) is 108 cm³/mol. The van der Waals surface area contributed by atoms with Crippen molar-refractivity contribution in [3.8, 4) is 0 Å². The van der Waals surface area contributed by atoms with E-state index in [-0.39, 0.29) is 18.1 Å². The third kappa shape index (κ3) is 5.03. The first-order chi connectivity index (χ1) is 13.4. The van der Waals surface area contributed by atoms with Gasteiger partial charge in [-0.2, -0.15) is 4.31 Å². The maximum atomic E-state index is 12.6. The normalized spacial score (nSPS) is 15.3. The predicted octanol–water partition coefficient (Wildman–Crippen LogP) is 3.09. The highest BCUT2D eigenvalue weighted by atomic mass is 32.2. The van der Waals surface area contributed by atoms with E-state index in [0.717, 1.165) is 24.8 Å². The first kappa shape index (κ1) is 20.6. The Hall–Kier alpha value is -2.10. The number of aromatic nitrogens is 1. The largest absolute Gasteiger partial charge is 0.302 e. The molecule has 0 saturated carbocycles. The molecule has 1 aromatic carbocycles. The van der Waals surface area contributed by atoms with Crippen LogP contribution in [0.1, 0.15) is 48.7 Å². The molecular formula is C19H23N3O4S2. The van der Waals surface area contributed by atoms with Crippen molar-refractivity contribution in [3.05, 3.63) is 40.9 Å². The van der Waals surface area contributed by atoms with Crippen molar-refractivity contribution in [2.24, 2.45) is 0 Å². The zero-order chi connectivity index (χ0) is 20.1. The molecule has 150 valence electrons. The van der Waals surface area contributed by atoms with Gasteiger partial charge in [-0.3, -0.25) is 9.59 Å². The molecule has 1 N–H and O–H groups in total. The molecule has 2 aromatic rings. The number of hydrogen-bond donors (Lipinski definition) is 1. The summed E-state index contributed by atoms with van der Waals surface area (Å²) in [5.41, 5.74) is 1.22. The SMILES string of the molecule is CC(=O)c1csc(NC(=O)CCc2ccc(S(=O)(=O)N3CCCCC3)cc2)n1. The summed E-state index contributed by atoms with van der Waals surface area (Å²) in [5, 5.41) is 4.69. The number of carbonyl (C=O) groups is 2. The molecule has 1 aliphatic heterocycles. The monoisotopic (exact) mass is 421 g/mol. The number of benzene rings is 1. The lowest BCUT2D eigenvalue weighted by Crippen LogP contribution is -2.35. The Labute approximate surface area is 168 Å². The van der Waals surface area contributed by atoms with Gasteiger partial charge in [0, 0.05) is 31.8 Å². The Morgan fingerprint density at radius 1 is 1.14 bits per heavy atom. The molecule has 0 spiro atoms. The van der Waals surface area contributed by atoms with Gasteiger partial charge in [-0.15, -0.1) is 11.3 Å². The second-order valence-electron chi connectivity index (χ2n) is 6.75. The standard InChI is InChI=1S/C19H23N3O4S2/c1-14(23)17-13-27-19(20-17)21-18(24)10-7-15-5-8-16(9-6-15)28(25,26)22-11-3-2-4-12-22/h5-6,8-9,13H,2-4,7,10-12H2,1H3,(H,20,21,24). The number of aryl methyl sites for hydroxylation is 1. The molecule has 9 heteroatoms. The summed E-state index contributed by atoms with van der Waals surface area (Å²) < 4.78 is 26.8. The molecule has 3 rings (SSSR count). The topological polar surface area (TPSA) is 96.4 Å². The van der Waals surface area contributed by atoms with Crippen LogP contribution >= 0.6 is 11.3 Å². The quantitative estimate of drug-likeness (QED) is 0.693. The van der Waals surface area contributed by atoms with Crippen LogP contribution in [-0.2, 0) is 21.2 Å². The second kappa shape index (κ2) is 8.93. The Balaban J connectivity index is 1.55. The Bertz CT molecular complexity index is 946. The number of nitrogens with zero attached hydrogens (tertiary/aromatic N) is 2. The van der Waals surface area contributed by atoms with E-state index in [1.165, 1.54) is 18.3 Å². The Morgan fingerprint density at radius 2 is 1.82 bits per heavy atom. The van der Waals surface area contributed by atoms with Gasteiger partial charge in [-0.05, 0) is 37.0 Å². The number of Topliss-reactive ketones (excluding diaryl/α,β-unsaturated/α-hetero) is 1. The van der Waals surface area contributed by atoms with Crippen LogP contribution in [0.3, 0.4) is 0 Å². The number of hydrogen-bond acceptors (Lipinski definition) is 6. The van der Waals surface area contributed by atoms with Gasteiger partial charge in [0.05, 0.1) is 4.90 Å². The van der Waals surface area contributed by atoms with Crippen molar-refractivity contribution in [3.63, 3.8) is 0 Å². The molecule has 1 amide bonds. The number of ketones is 1. The second-order valence-corrected chi connectivity index (χ2v) is 9.55. The van der Waals surface area contributed by atoms with E-state index in [4.69, 9.17) is 0 Å². The van der Waals surface area contributed by atoms with Gasteiger partial charge in [0.1, 0.15) is 5.69 Å². The molecule has 1 aliphatic rings. The third-order valence-electron chi connectivity index (χ3n) is 4.63. The summed E-state index contributed by atoms with van der Waals surface area (Å²) in [4.78, 5) is 27.7. The van der Waals surface area contributed by atoms with Crippen molar-refractivity contribution >= 4 is 38.2 Å². The zero-order valence-electron chi connectivity index (χ0n) is 15.7. The number of carbonyl (C=O) groups excluding carboxylic acids is 2. The molecule has 0 atom stereocenters. The van der Waals surface area contributed by atoms with Crippen molar-refractivity contribution in [2.45, 2.75) is 43.9 Å². The average Bonchev–Trinajstić information content (AvgIpc) is 3.16. The molecule has 1 aromatic heterocycles. The van der Waals surface area contributed by atoms with Gasteiger partial charge in [-0.25, -0.2) is 13.4 Å². The van der Waals surface area contributed by atoms with Crippen LogP contribution in [0, 0.1) is 0 Å². The molecule has 2 heterocycles. The van der Waals surface area contributed by atoms with E-state index in [2.05, 4.69) is 10.3 Å².